The van der Waals surface area contributed by atoms with Gasteiger partial charge in [-0.2, -0.15) is 0 Å². The fourth-order valence-electron chi connectivity index (χ4n) is 2.68. The Hall–Kier alpha value is -2.28. The van der Waals surface area contributed by atoms with Crippen LogP contribution in [0, 0.1) is 0 Å². The number of hydrogen-bond donors (Lipinski definition) is 1. The van der Waals surface area contributed by atoms with Gasteiger partial charge in [0.05, 0.1) is 0 Å². The van der Waals surface area contributed by atoms with Gasteiger partial charge in [-0.25, -0.2) is 0 Å². The van der Waals surface area contributed by atoms with Crippen molar-refractivity contribution in [1.29, 1.82) is 0 Å². The Kier molecular flexibility index (Phi) is 4.09. The predicted octanol–water partition coefficient (Wildman–Crippen LogP) is 5.35. The summed E-state index contributed by atoms with van der Waals surface area (Å²) in [5.41, 5.74) is 3.95. The van der Waals surface area contributed by atoms with Crippen molar-refractivity contribution in [2.45, 2.75) is 20.3 Å². The third kappa shape index (κ3) is 2.83. The second kappa shape index (κ2) is 5.79. The highest BCUT2D eigenvalue weighted by Crippen LogP contribution is 2.25. The predicted molar refractivity (Wildman–Crippen MR) is 86.9 cm³/mol. The first-order valence-corrected chi connectivity index (χ1v) is 6.71. The number of hydrogen-bond acceptors (Lipinski definition) is 1. The molecule has 0 aliphatic heterocycles. The lowest BCUT2D eigenvalue weighted by atomic mass is 9.94. The van der Waals surface area contributed by atoms with Gasteiger partial charge in [0.1, 0.15) is 5.76 Å². The Morgan fingerprint density at radius 3 is 2.30 bits per heavy atom. The molecule has 0 aliphatic rings. The van der Waals surface area contributed by atoms with E-state index in [4.69, 9.17) is 0 Å². The van der Waals surface area contributed by atoms with Crippen molar-refractivity contribution in [2.24, 2.45) is 0 Å². The van der Waals surface area contributed by atoms with Crippen molar-refractivity contribution >= 4 is 10.8 Å². The Morgan fingerprint density at radius 1 is 1.00 bits per heavy atom. The molecule has 1 heteroatoms. The summed E-state index contributed by atoms with van der Waals surface area (Å²) in [5, 5.41) is 12.2. The molecule has 0 aromatic heterocycles. The first kappa shape index (κ1) is 14.1. The molecule has 1 N–H and O–H groups in total. The lowest BCUT2D eigenvalue weighted by Crippen LogP contribution is -1.97. The minimum Gasteiger partial charge on any atom is -0.508 e. The fraction of sp³-hybridized carbons (Fsp3) is 0.158. The summed E-state index contributed by atoms with van der Waals surface area (Å²) in [6.45, 7) is 11.5. The maximum Gasteiger partial charge on any atom is 0.115 e. The van der Waals surface area contributed by atoms with E-state index in [0.717, 1.165) is 23.1 Å². The monoisotopic (exact) mass is 264 g/mol. The average molecular weight is 264 g/mol. The van der Waals surface area contributed by atoms with Crippen molar-refractivity contribution in [3.63, 3.8) is 0 Å². The lowest BCUT2D eigenvalue weighted by molar-refractivity contribution is 0.426. The van der Waals surface area contributed by atoms with Gasteiger partial charge in [-0.1, -0.05) is 61.2 Å². The minimum atomic E-state index is 0.0928. The first-order valence-electron chi connectivity index (χ1n) is 6.71. The van der Waals surface area contributed by atoms with Crippen molar-refractivity contribution in [3.05, 3.63) is 83.7 Å². The van der Waals surface area contributed by atoms with Crippen LogP contribution in [0.15, 0.2) is 78.1 Å². The van der Waals surface area contributed by atoms with Crippen LogP contribution in [-0.2, 0) is 6.42 Å². The summed E-state index contributed by atoms with van der Waals surface area (Å²) in [4.78, 5) is 0. The molecule has 0 fully saturated rings. The smallest absolute Gasteiger partial charge is 0.115 e. The van der Waals surface area contributed by atoms with E-state index < -0.39 is 0 Å². The van der Waals surface area contributed by atoms with Gasteiger partial charge < -0.3 is 5.11 Å². The van der Waals surface area contributed by atoms with Gasteiger partial charge >= 0.3 is 0 Å². The molecule has 2 aromatic carbocycles. The highest BCUT2D eigenvalue weighted by molar-refractivity contribution is 5.85. The topological polar surface area (TPSA) is 20.2 Å². The van der Waals surface area contributed by atoms with E-state index in [1.807, 2.05) is 19.9 Å². The zero-order valence-electron chi connectivity index (χ0n) is 12.1. The number of allylic oxidation sites excluding steroid dienone is 2. The van der Waals surface area contributed by atoms with Crippen LogP contribution in [0.4, 0.5) is 0 Å². The minimum absolute atomic E-state index is 0.0928. The van der Waals surface area contributed by atoms with Crippen LogP contribution in [0.2, 0.25) is 0 Å². The van der Waals surface area contributed by atoms with Crippen molar-refractivity contribution in [1.82, 2.24) is 0 Å². The maximum atomic E-state index is 9.73. The van der Waals surface area contributed by atoms with Gasteiger partial charge in [-0.05, 0) is 42.2 Å². The number of fused-ring (bicyclic) bond motifs is 1. The van der Waals surface area contributed by atoms with Crippen molar-refractivity contribution < 1.29 is 5.11 Å². The second-order valence-corrected chi connectivity index (χ2v) is 5.20. The molecule has 0 atom stereocenters. The van der Waals surface area contributed by atoms with E-state index in [1.54, 1.807) is 0 Å². The molecule has 0 saturated carbocycles. The molecule has 20 heavy (non-hydrogen) atoms. The number of rotatable bonds is 4. The average Bonchev–Trinajstić information content (AvgIpc) is 2.38. The summed E-state index contributed by atoms with van der Waals surface area (Å²) in [5.74, 6) is 0.0928. The van der Waals surface area contributed by atoms with E-state index in [2.05, 4.69) is 49.6 Å². The Morgan fingerprint density at radius 2 is 1.65 bits per heavy atom. The third-order valence-electron chi connectivity index (χ3n) is 3.48. The normalized spacial score (nSPS) is 12.1. The van der Waals surface area contributed by atoms with Crippen molar-refractivity contribution in [2.75, 3.05) is 0 Å². The standard InChI is InChI=1S/C19H20O/c1-13(2)19(15(4)20)14(3)12-17-10-7-9-16-8-5-6-11-18(16)17/h5-11,20H,1,4,12H2,2-3H3/b19-14+. The SMILES string of the molecule is C=C(C)/C(C(=C)O)=C(/C)Cc1cccc2ccccc12. The molecule has 0 bridgehead atoms. The van der Waals surface area contributed by atoms with Crippen LogP contribution in [0.5, 0.6) is 0 Å². The summed E-state index contributed by atoms with van der Waals surface area (Å²) in [6, 6.07) is 14.7. The van der Waals surface area contributed by atoms with Gasteiger partial charge in [-0.3, -0.25) is 0 Å². The highest BCUT2D eigenvalue weighted by atomic mass is 16.3. The van der Waals surface area contributed by atoms with E-state index in [-0.39, 0.29) is 5.76 Å². The zero-order chi connectivity index (χ0) is 14.7. The molecular formula is C19H20O. The summed E-state index contributed by atoms with van der Waals surface area (Å²) >= 11 is 0. The van der Waals surface area contributed by atoms with Crippen LogP contribution in [0.25, 0.3) is 10.8 Å². The molecule has 102 valence electrons. The molecule has 0 unspecified atom stereocenters. The van der Waals surface area contributed by atoms with E-state index >= 15 is 0 Å². The number of aliphatic hydroxyl groups excluding tert-OH is 1. The molecule has 2 aromatic rings. The fourth-order valence-corrected chi connectivity index (χ4v) is 2.68. The van der Waals surface area contributed by atoms with Gasteiger partial charge in [-0.15, -0.1) is 0 Å². The largest absolute Gasteiger partial charge is 0.508 e. The Balaban J connectivity index is 2.49. The third-order valence-corrected chi connectivity index (χ3v) is 3.48. The molecule has 0 saturated heterocycles. The maximum absolute atomic E-state index is 9.73. The Bertz CT molecular complexity index is 683. The second-order valence-electron chi connectivity index (χ2n) is 5.20. The highest BCUT2D eigenvalue weighted by Gasteiger charge is 2.09. The molecular weight excluding hydrogens is 244 g/mol. The van der Waals surface area contributed by atoms with Crippen LogP contribution < -0.4 is 0 Å². The van der Waals surface area contributed by atoms with Gasteiger partial charge in [0, 0.05) is 5.57 Å². The quantitative estimate of drug-likeness (QED) is 0.583. The van der Waals surface area contributed by atoms with Gasteiger partial charge in [0.15, 0.2) is 0 Å². The van der Waals surface area contributed by atoms with E-state index in [9.17, 15) is 5.11 Å². The van der Waals surface area contributed by atoms with E-state index in [1.165, 1.54) is 16.3 Å². The van der Waals surface area contributed by atoms with E-state index in [0.29, 0.717) is 0 Å². The zero-order valence-corrected chi connectivity index (χ0v) is 12.1. The number of aliphatic hydroxyl groups is 1. The molecule has 0 heterocycles. The van der Waals surface area contributed by atoms with Crippen LogP contribution in [0.3, 0.4) is 0 Å². The van der Waals surface area contributed by atoms with Crippen LogP contribution >= 0.6 is 0 Å². The summed E-state index contributed by atoms with van der Waals surface area (Å²) < 4.78 is 0. The molecule has 1 nitrogen and oxygen atoms in total. The van der Waals surface area contributed by atoms with Gasteiger partial charge in [0.2, 0.25) is 0 Å². The summed E-state index contributed by atoms with van der Waals surface area (Å²) in [6.07, 6.45) is 0.781. The lowest BCUT2D eigenvalue weighted by Gasteiger charge is -2.13. The molecule has 0 spiro atoms. The van der Waals surface area contributed by atoms with Crippen LogP contribution in [-0.4, -0.2) is 5.11 Å². The Labute approximate surface area is 120 Å². The summed E-state index contributed by atoms with van der Waals surface area (Å²) in [7, 11) is 0. The van der Waals surface area contributed by atoms with Crippen LogP contribution in [0.1, 0.15) is 19.4 Å². The molecule has 2 rings (SSSR count). The first-order chi connectivity index (χ1) is 9.50. The molecule has 0 aliphatic carbocycles. The van der Waals surface area contributed by atoms with Crippen molar-refractivity contribution in [3.8, 4) is 0 Å². The van der Waals surface area contributed by atoms with Gasteiger partial charge in [0.25, 0.3) is 0 Å². The molecule has 0 radical (unpaired) electrons. The molecule has 0 amide bonds. The number of benzene rings is 2.